The molecule has 0 radical (unpaired) electrons. The Bertz CT molecular complexity index is 571. The van der Waals surface area contributed by atoms with Crippen molar-refractivity contribution < 1.29 is 17.9 Å². The van der Waals surface area contributed by atoms with Gasteiger partial charge in [0.15, 0.2) is 11.5 Å². The third kappa shape index (κ3) is 2.76. The van der Waals surface area contributed by atoms with Gasteiger partial charge in [-0.2, -0.15) is 4.31 Å². The Labute approximate surface area is 120 Å². The minimum Gasteiger partial charge on any atom is -0.493 e. The molecule has 0 N–H and O–H groups in total. The molecule has 6 heteroatoms. The summed E-state index contributed by atoms with van der Waals surface area (Å²) < 4.78 is 37.3. The van der Waals surface area contributed by atoms with Gasteiger partial charge in [-0.05, 0) is 31.9 Å². The van der Waals surface area contributed by atoms with E-state index in [1.54, 1.807) is 16.4 Å². The highest BCUT2D eigenvalue weighted by molar-refractivity contribution is 7.89. The summed E-state index contributed by atoms with van der Waals surface area (Å²) >= 11 is 0. The number of ether oxygens (including phenoxy) is 2. The number of hydrogen-bond donors (Lipinski definition) is 0. The smallest absolute Gasteiger partial charge is 0.243 e. The van der Waals surface area contributed by atoms with Crippen molar-refractivity contribution in [1.82, 2.24) is 4.31 Å². The van der Waals surface area contributed by atoms with E-state index in [0.717, 1.165) is 19.3 Å². The zero-order chi connectivity index (χ0) is 14.8. The molecular formula is C14H21NO4S. The number of methoxy groups -OCH3 is 2. The predicted octanol–water partition coefficient (Wildman–Crippen LogP) is 2.27. The second-order valence-electron chi connectivity index (χ2n) is 4.98. The second-order valence-corrected chi connectivity index (χ2v) is 6.87. The van der Waals surface area contributed by atoms with E-state index < -0.39 is 10.0 Å². The highest BCUT2D eigenvalue weighted by Crippen LogP contribution is 2.32. The summed E-state index contributed by atoms with van der Waals surface area (Å²) in [6, 6.07) is 4.76. The molecule has 0 spiro atoms. The van der Waals surface area contributed by atoms with Crippen molar-refractivity contribution in [3.05, 3.63) is 18.2 Å². The highest BCUT2D eigenvalue weighted by atomic mass is 32.2. The summed E-state index contributed by atoms with van der Waals surface area (Å²) in [7, 11) is -0.447. The van der Waals surface area contributed by atoms with Crippen molar-refractivity contribution in [1.29, 1.82) is 0 Å². The molecule has 0 bridgehead atoms. The van der Waals surface area contributed by atoms with Crippen LogP contribution in [0, 0.1) is 0 Å². The molecule has 1 aromatic carbocycles. The van der Waals surface area contributed by atoms with E-state index in [4.69, 9.17) is 9.47 Å². The van der Waals surface area contributed by atoms with Crippen molar-refractivity contribution in [2.75, 3.05) is 20.8 Å². The second kappa shape index (κ2) is 6.01. The molecule has 1 aliphatic heterocycles. The maximum absolute atomic E-state index is 12.7. The number of hydrogen-bond acceptors (Lipinski definition) is 4. The molecule has 1 atom stereocenters. The van der Waals surface area contributed by atoms with Crippen LogP contribution in [0.25, 0.3) is 0 Å². The Kier molecular flexibility index (Phi) is 4.55. The molecule has 0 aromatic heterocycles. The molecule has 0 saturated carbocycles. The molecular weight excluding hydrogens is 278 g/mol. The molecule has 0 unspecified atom stereocenters. The van der Waals surface area contributed by atoms with Crippen LogP contribution in [0.4, 0.5) is 0 Å². The maximum Gasteiger partial charge on any atom is 0.243 e. The molecule has 1 fully saturated rings. The first-order chi connectivity index (χ1) is 9.50. The summed E-state index contributed by atoms with van der Waals surface area (Å²) in [6.45, 7) is 2.54. The molecule has 1 aliphatic rings. The lowest BCUT2D eigenvalue weighted by molar-refractivity contribution is 0.268. The largest absolute Gasteiger partial charge is 0.493 e. The van der Waals surface area contributed by atoms with Gasteiger partial charge in [0, 0.05) is 18.7 Å². The third-order valence-electron chi connectivity index (χ3n) is 3.70. The van der Waals surface area contributed by atoms with Crippen LogP contribution in [0.5, 0.6) is 11.5 Å². The monoisotopic (exact) mass is 299 g/mol. The predicted molar refractivity (Wildman–Crippen MR) is 76.8 cm³/mol. The van der Waals surface area contributed by atoms with Crippen molar-refractivity contribution in [3.8, 4) is 11.5 Å². The zero-order valence-electron chi connectivity index (χ0n) is 12.1. The zero-order valence-corrected chi connectivity index (χ0v) is 12.9. The minimum absolute atomic E-state index is 0.0434. The van der Waals surface area contributed by atoms with Gasteiger partial charge in [-0.3, -0.25) is 0 Å². The van der Waals surface area contributed by atoms with Crippen LogP contribution < -0.4 is 9.47 Å². The standard InChI is InChI=1S/C14H21NO4S/c1-11-6-4-5-9-15(11)20(16,17)12-7-8-13(18-2)14(10-12)19-3/h7-8,10-11H,4-6,9H2,1-3H3/t11-/m0/s1. The van der Waals surface area contributed by atoms with Crippen molar-refractivity contribution in [3.63, 3.8) is 0 Å². The Balaban J connectivity index is 2.38. The first-order valence-corrected chi connectivity index (χ1v) is 8.18. The van der Waals surface area contributed by atoms with Gasteiger partial charge < -0.3 is 9.47 Å². The van der Waals surface area contributed by atoms with Gasteiger partial charge in [0.05, 0.1) is 19.1 Å². The Morgan fingerprint density at radius 3 is 2.45 bits per heavy atom. The Hall–Kier alpha value is -1.27. The average Bonchev–Trinajstić information content (AvgIpc) is 2.46. The highest BCUT2D eigenvalue weighted by Gasteiger charge is 2.31. The fourth-order valence-electron chi connectivity index (χ4n) is 2.54. The Morgan fingerprint density at radius 2 is 1.85 bits per heavy atom. The Morgan fingerprint density at radius 1 is 1.15 bits per heavy atom. The van der Waals surface area contributed by atoms with Crippen LogP contribution in [0.15, 0.2) is 23.1 Å². The summed E-state index contributed by atoms with van der Waals surface area (Å²) in [5.41, 5.74) is 0. The molecule has 5 nitrogen and oxygen atoms in total. The molecule has 1 saturated heterocycles. The summed E-state index contributed by atoms with van der Waals surface area (Å²) in [4.78, 5) is 0.254. The first kappa shape index (κ1) is 15.1. The van der Waals surface area contributed by atoms with E-state index in [2.05, 4.69) is 0 Å². The van der Waals surface area contributed by atoms with Gasteiger partial charge in [0.25, 0.3) is 0 Å². The number of sulfonamides is 1. The SMILES string of the molecule is COc1ccc(S(=O)(=O)N2CCCC[C@@H]2C)cc1OC. The summed E-state index contributed by atoms with van der Waals surface area (Å²) in [5, 5.41) is 0. The van der Waals surface area contributed by atoms with Gasteiger partial charge in [0.2, 0.25) is 10.0 Å². The fourth-order valence-corrected chi connectivity index (χ4v) is 4.26. The molecule has 20 heavy (non-hydrogen) atoms. The minimum atomic E-state index is -3.47. The van der Waals surface area contributed by atoms with E-state index >= 15 is 0 Å². The van der Waals surface area contributed by atoms with E-state index in [1.165, 1.54) is 20.3 Å². The molecule has 0 amide bonds. The van der Waals surface area contributed by atoms with Crippen LogP contribution in [-0.2, 0) is 10.0 Å². The molecule has 112 valence electrons. The van der Waals surface area contributed by atoms with E-state index in [-0.39, 0.29) is 10.9 Å². The summed E-state index contributed by atoms with van der Waals surface area (Å²) in [6.07, 6.45) is 2.91. The van der Waals surface area contributed by atoms with Crippen LogP contribution in [0.2, 0.25) is 0 Å². The lowest BCUT2D eigenvalue weighted by Crippen LogP contribution is -2.41. The number of rotatable bonds is 4. The normalized spacial score (nSPS) is 20.6. The van der Waals surface area contributed by atoms with Crippen molar-refractivity contribution >= 4 is 10.0 Å². The van der Waals surface area contributed by atoms with Gasteiger partial charge in [-0.15, -0.1) is 0 Å². The van der Waals surface area contributed by atoms with Crippen LogP contribution in [0.1, 0.15) is 26.2 Å². The molecule has 1 aromatic rings. The maximum atomic E-state index is 12.7. The third-order valence-corrected chi connectivity index (χ3v) is 5.71. The van der Waals surface area contributed by atoms with Gasteiger partial charge in [-0.25, -0.2) is 8.42 Å². The van der Waals surface area contributed by atoms with E-state index in [0.29, 0.717) is 18.0 Å². The molecule has 2 rings (SSSR count). The van der Waals surface area contributed by atoms with Gasteiger partial charge in [-0.1, -0.05) is 6.42 Å². The molecule has 1 heterocycles. The topological polar surface area (TPSA) is 55.8 Å². The van der Waals surface area contributed by atoms with E-state index in [1.807, 2.05) is 6.92 Å². The first-order valence-electron chi connectivity index (χ1n) is 6.74. The number of nitrogens with zero attached hydrogens (tertiary/aromatic N) is 1. The molecule has 0 aliphatic carbocycles. The van der Waals surface area contributed by atoms with Gasteiger partial charge in [0.1, 0.15) is 0 Å². The quantitative estimate of drug-likeness (QED) is 0.856. The summed E-state index contributed by atoms with van der Waals surface area (Å²) in [5.74, 6) is 0.955. The van der Waals surface area contributed by atoms with Gasteiger partial charge >= 0.3 is 0 Å². The van der Waals surface area contributed by atoms with Crippen LogP contribution in [0.3, 0.4) is 0 Å². The van der Waals surface area contributed by atoms with Crippen LogP contribution in [-0.4, -0.2) is 39.5 Å². The van der Waals surface area contributed by atoms with Crippen molar-refractivity contribution in [2.45, 2.75) is 37.1 Å². The lowest BCUT2D eigenvalue weighted by Gasteiger charge is -2.32. The lowest BCUT2D eigenvalue weighted by atomic mass is 10.1. The van der Waals surface area contributed by atoms with Crippen LogP contribution >= 0.6 is 0 Å². The number of piperidine rings is 1. The number of benzene rings is 1. The van der Waals surface area contributed by atoms with Crippen molar-refractivity contribution in [2.24, 2.45) is 0 Å². The average molecular weight is 299 g/mol. The van der Waals surface area contributed by atoms with E-state index in [9.17, 15) is 8.42 Å². The fraction of sp³-hybridized carbons (Fsp3) is 0.571.